The van der Waals surface area contributed by atoms with E-state index >= 15 is 0 Å². The van der Waals surface area contributed by atoms with Gasteiger partial charge in [-0.1, -0.05) is 68.2 Å². The quantitative estimate of drug-likeness (QED) is 0.0181. The predicted octanol–water partition coefficient (Wildman–Crippen LogP) is -2.71. The van der Waals surface area contributed by atoms with Gasteiger partial charge < -0.3 is 75.7 Å². The highest BCUT2D eigenvalue weighted by Crippen LogP contribution is 2.13. The maximum Gasteiger partial charge on any atom is 0.326 e. The Labute approximate surface area is 400 Å². The van der Waals surface area contributed by atoms with Crippen molar-refractivity contribution in [2.24, 2.45) is 51.6 Å². The Kier molecular flexibility index (Phi) is 29.5. The summed E-state index contributed by atoms with van der Waals surface area (Å²) in [4.78, 5) is 123. The first-order chi connectivity index (χ1) is 31.7. The molecule has 390 valence electrons. The number of carbonyl (C=O) groups excluding carboxylic acids is 8. The van der Waals surface area contributed by atoms with E-state index in [1.54, 1.807) is 55.4 Å². The molecule has 0 fully saturated rings. The lowest BCUT2D eigenvalue weighted by molar-refractivity contribution is -0.143. The monoisotopic (exact) mass is 970 g/mol. The van der Waals surface area contributed by atoms with Gasteiger partial charge in [0.25, 0.3) is 0 Å². The minimum Gasteiger partial charge on any atom is -0.480 e. The molecule has 11 atom stereocenters. The van der Waals surface area contributed by atoms with E-state index < -0.39 is 126 Å². The second-order valence-corrected chi connectivity index (χ2v) is 18.1. The molecule has 0 saturated carbocycles. The van der Waals surface area contributed by atoms with Crippen LogP contribution >= 0.6 is 0 Å². The third-order valence-electron chi connectivity index (χ3n) is 11.3. The van der Waals surface area contributed by atoms with E-state index in [2.05, 4.69) is 47.5 Å². The number of unbranched alkanes of at least 4 members (excludes halogenated alkanes) is 1. The molecule has 8 amide bonds. The summed E-state index contributed by atoms with van der Waals surface area (Å²) in [6.07, 6.45) is 0.942. The van der Waals surface area contributed by atoms with Gasteiger partial charge in [-0.05, 0) is 82.6 Å². The molecule has 0 heterocycles. The number of aliphatic imine (C=N–C) groups is 1. The maximum atomic E-state index is 13.9. The van der Waals surface area contributed by atoms with Crippen molar-refractivity contribution in [2.45, 2.75) is 175 Å². The molecular formula is C44H83N13O11. The molecule has 0 radical (unpaired) electrons. The molecule has 0 aromatic heterocycles. The Hall–Kier alpha value is -5.62. The van der Waals surface area contributed by atoms with Crippen LogP contribution in [0.4, 0.5) is 0 Å². The lowest BCUT2D eigenvalue weighted by Gasteiger charge is -2.30. The fraction of sp³-hybridized carbons (Fsp3) is 0.773. The van der Waals surface area contributed by atoms with Crippen LogP contribution in [0.5, 0.6) is 0 Å². The van der Waals surface area contributed by atoms with Gasteiger partial charge in [-0.2, -0.15) is 0 Å². The van der Waals surface area contributed by atoms with E-state index in [0.29, 0.717) is 32.2 Å². The van der Waals surface area contributed by atoms with Crippen LogP contribution in [0, 0.1) is 23.7 Å². The number of amides is 8. The molecule has 18 N–H and O–H groups in total. The van der Waals surface area contributed by atoms with E-state index in [0.717, 1.165) is 0 Å². The van der Waals surface area contributed by atoms with Crippen LogP contribution in [0.15, 0.2) is 4.99 Å². The van der Waals surface area contributed by atoms with Crippen molar-refractivity contribution in [3.8, 4) is 0 Å². The van der Waals surface area contributed by atoms with Crippen molar-refractivity contribution >= 4 is 59.2 Å². The maximum absolute atomic E-state index is 13.9. The molecule has 0 aliphatic heterocycles. The van der Waals surface area contributed by atoms with Crippen molar-refractivity contribution in [1.29, 1.82) is 0 Å². The molecule has 0 spiro atoms. The van der Waals surface area contributed by atoms with Crippen LogP contribution in [0.3, 0.4) is 0 Å². The third kappa shape index (κ3) is 23.4. The fourth-order valence-corrected chi connectivity index (χ4v) is 6.55. The Bertz CT molecular complexity index is 1690. The van der Waals surface area contributed by atoms with E-state index in [9.17, 15) is 53.4 Å². The number of carboxylic acid groups (broad SMARTS) is 1. The lowest BCUT2D eigenvalue weighted by Crippen LogP contribution is -2.61. The predicted molar refractivity (Wildman–Crippen MR) is 256 cm³/mol. The molecule has 0 aromatic rings. The van der Waals surface area contributed by atoms with Crippen LogP contribution in [0.25, 0.3) is 0 Å². The van der Waals surface area contributed by atoms with Gasteiger partial charge in [0.1, 0.15) is 42.3 Å². The van der Waals surface area contributed by atoms with Gasteiger partial charge in [0, 0.05) is 6.54 Å². The Morgan fingerprint density at radius 1 is 0.574 bits per heavy atom. The number of guanidine groups is 1. The number of aliphatic hydroxyl groups is 1. The molecule has 0 aromatic carbocycles. The first-order valence-electron chi connectivity index (χ1n) is 23.5. The van der Waals surface area contributed by atoms with Crippen molar-refractivity contribution in [3.63, 3.8) is 0 Å². The molecule has 0 unspecified atom stereocenters. The van der Waals surface area contributed by atoms with Gasteiger partial charge in [-0.3, -0.25) is 43.3 Å². The van der Waals surface area contributed by atoms with Gasteiger partial charge >= 0.3 is 5.97 Å². The van der Waals surface area contributed by atoms with Crippen LogP contribution in [-0.4, -0.2) is 143 Å². The molecule has 24 heteroatoms. The Morgan fingerprint density at radius 2 is 1.07 bits per heavy atom. The number of aliphatic hydroxyl groups excluding tert-OH is 1. The molecule has 0 rings (SSSR count). The number of nitrogens with one attached hydrogen (secondary N) is 8. The molecule has 0 bridgehead atoms. The van der Waals surface area contributed by atoms with E-state index in [4.69, 9.17) is 22.9 Å². The van der Waals surface area contributed by atoms with Gasteiger partial charge in [0.05, 0.1) is 18.7 Å². The highest BCUT2D eigenvalue weighted by Gasteiger charge is 2.36. The van der Waals surface area contributed by atoms with E-state index in [-0.39, 0.29) is 50.0 Å². The van der Waals surface area contributed by atoms with Gasteiger partial charge in [-0.25, -0.2) is 4.79 Å². The average Bonchev–Trinajstić information content (AvgIpc) is 3.26. The van der Waals surface area contributed by atoms with Gasteiger partial charge in [0.15, 0.2) is 5.96 Å². The Morgan fingerprint density at radius 3 is 1.57 bits per heavy atom. The van der Waals surface area contributed by atoms with Crippen LogP contribution in [-0.2, 0) is 43.2 Å². The number of hydrogen-bond acceptors (Lipinski definition) is 13. The summed E-state index contributed by atoms with van der Waals surface area (Å²) < 4.78 is 0. The number of nitrogens with two attached hydrogens (primary N) is 4. The van der Waals surface area contributed by atoms with Crippen LogP contribution in [0.2, 0.25) is 0 Å². The van der Waals surface area contributed by atoms with Crippen LogP contribution < -0.4 is 65.5 Å². The molecule has 0 aliphatic carbocycles. The fourth-order valence-electron chi connectivity index (χ4n) is 6.55. The minimum atomic E-state index is -1.59. The highest BCUT2D eigenvalue weighted by molar-refractivity contribution is 5.98. The summed E-state index contributed by atoms with van der Waals surface area (Å²) in [6.45, 7) is 16.3. The number of carbonyl (C=O) groups is 9. The van der Waals surface area contributed by atoms with Gasteiger partial charge in [0.2, 0.25) is 47.3 Å². The third-order valence-corrected chi connectivity index (χ3v) is 11.3. The summed E-state index contributed by atoms with van der Waals surface area (Å²) in [5.41, 5.74) is 22.6. The van der Waals surface area contributed by atoms with Gasteiger partial charge in [-0.15, -0.1) is 0 Å². The first-order valence-corrected chi connectivity index (χ1v) is 23.5. The molecule has 0 aliphatic rings. The second kappa shape index (κ2) is 32.2. The van der Waals surface area contributed by atoms with E-state index in [1.165, 1.54) is 13.8 Å². The van der Waals surface area contributed by atoms with E-state index in [1.807, 2.05) is 0 Å². The molecule has 68 heavy (non-hydrogen) atoms. The zero-order valence-electron chi connectivity index (χ0n) is 41.6. The van der Waals surface area contributed by atoms with Crippen molar-refractivity contribution in [1.82, 2.24) is 42.5 Å². The van der Waals surface area contributed by atoms with Crippen molar-refractivity contribution in [2.75, 3.05) is 19.6 Å². The molecule has 0 saturated heterocycles. The number of hydrogen-bond donors (Lipinski definition) is 14. The van der Waals surface area contributed by atoms with Crippen molar-refractivity contribution in [3.05, 3.63) is 0 Å². The zero-order valence-corrected chi connectivity index (χ0v) is 41.6. The first kappa shape index (κ1) is 62.4. The average molecular weight is 970 g/mol. The molecular weight excluding hydrogens is 887 g/mol. The summed E-state index contributed by atoms with van der Waals surface area (Å²) in [5.74, 6) is -8.91. The highest BCUT2D eigenvalue weighted by atomic mass is 16.4. The Balaban J connectivity index is 6.26. The topological polar surface area (TPSA) is 407 Å². The summed E-state index contributed by atoms with van der Waals surface area (Å²) in [6, 6.07) is -9.77. The standard InChI is InChI=1S/C44H83N13O11/c1-11-24(7)33(42(66)57-35(27(10)58)41(65)50-21-31(59)55-34(43(67)68)25(8)12-2)56-39(63)30(20-22(3)4)54-36(60)26(9)51-37(61)29(17-15-19-49-44(47)48)52-38(62)28(16-13-14-18-45)53-40(64)32(46)23(5)6/h22-30,32-35,58H,11-21,45-46H2,1-10H3,(H,50,65)(H,51,61)(H,52,62)(H,53,64)(H,54,60)(H,55,59)(H,56,63)(H,57,66)(H,67,68)(H4,47,48,49)/t24-,25-,26-,27+,28-,29-,30-,32-,33-,34-,35-/m0/s1. The smallest absolute Gasteiger partial charge is 0.326 e. The second-order valence-electron chi connectivity index (χ2n) is 18.1. The summed E-state index contributed by atoms with van der Waals surface area (Å²) >= 11 is 0. The molecule has 24 nitrogen and oxygen atoms in total. The lowest BCUT2D eigenvalue weighted by atomic mass is 9.96. The normalized spacial score (nSPS) is 16.1. The number of carboxylic acids is 1. The number of nitrogens with zero attached hydrogens (tertiary/aromatic N) is 1. The number of rotatable bonds is 33. The number of aliphatic carboxylic acids is 1. The summed E-state index contributed by atoms with van der Waals surface area (Å²) in [7, 11) is 0. The minimum absolute atomic E-state index is 0.0214. The summed E-state index contributed by atoms with van der Waals surface area (Å²) in [5, 5.41) is 40.3. The largest absolute Gasteiger partial charge is 0.480 e. The van der Waals surface area contributed by atoms with Crippen LogP contribution in [0.1, 0.15) is 121 Å². The SMILES string of the molecule is CC[C@H](C)[C@H](NC(=O)CNC(=O)[C@@H](NC(=O)[C@@H](NC(=O)[C@H](CC(C)C)NC(=O)[C@H](C)NC(=O)[C@H](CCCN=C(N)N)NC(=O)[C@H](CCCCN)NC(=O)[C@@H](N)C(C)C)[C@@H](C)CC)[C@@H](C)O)C(=O)O. The van der Waals surface area contributed by atoms with Crippen molar-refractivity contribution < 1.29 is 53.4 Å². The zero-order chi connectivity index (χ0) is 52.4.